The SMILES string of the molecule is C[C@@H](N)c1ccc(N2CCC(CN(C)C)CC2)cc1. The molecule has 1 saturated heterocycles. The first-order chi connectivity index (χ1) is 9.06. The molecule has 3 nitrogen and oxygen atoms in total. The third kappa shape index (κ3) is 3.95. The van der Waals surface area contributed by atoms with Crippen LogP contribution in [0.3, 0.4) is 0 Å². The van der Waals surface area contributed by atoms with E-state index in [0.717, 1.165) is 5.92 Å². The van der Waals surface area contributed by atoms with Gasteiger partial charge in [-0.2, -0.15) is 0 Å². The van der Waals surface area contributed by atoms with E-state index in [2.05, 4.69) is 48.2 Å². The average Bonchev–Trinajstić information content (AvgIpc) is 2.39. The predicted octanol–water partition coefficient (Wildman–Crippen LogP) is 2.48. The summed E-state index contributed by atoms with van der Waals surface area (Å²) in [4.78, 5) is 4.80. The molecule has 0 spiro atoms. The first-order valence-corrected chi connectivity index (χ1v) is 7.31. The standard InChI is InChI=1S/C16H27N3/c1-13(17)15-4-6-16(7-5-15)19-10-8-14(9-11-19)12-18(2)3/h4-7,13-14H,8-12,17H2,1-3H3/t13-/m1/s1. The molecule has 0 saturated carbocycles. The van der Waals surface area contributed by atoms with Crippen molar-refractivity contribution in [2.75, 3.05) is 38.6 Å². The number of rotatable bonds is 4. The Morgan fingerprint density at radius 2 is 1.79 bits per heavy atom. The molecule has 1 aliphatic heterocycles. The Morgan fingerprint density at radius 3 is 2.26 bits per heavy atom. The van der Waals surface area contributed by atoms with E-state index in [1.807, 2.05) is 6.92 Å². The van der Waals surface area contributed by atoms with Gasteiger partial charge in [-0.1, -0.05) is 12.1 Å². The highest BCUT2D eigenvalue weighted by Crippen LogP contribution is 2.24. The molecule has 1 fully saturated rings. The zero-order valence-electron chi connectivity index (χ0n) is 12.5. The lowest BCUT2D eigenvalue weighted by molar-refractivity contribution is 0.285. The molecular weight excluding hydrogens is 234 g/mol. The summed E-state index contributed by atoms with van der Waals surface area (Å²) in [5.41, 5.74) is 8.44. The molecular formula is C16H27N3. The lowest BCUT2D eigenvalue weighted by Gasteiger charge is -2.34. The summed E-state index contributed by atoms with van der Waals surface area (Å²) in [6.07, 6.45) is 2.60. The van der Waals surface area contributed by atoms with Crippen LogP contribution >= 0.6 is 0 Å². The van der Waals surface area contributed by atoms with Crippen molar-refractivity contribution in [1.29, 1.82) is 0 Å². The minimum absolute atomic E-state index is 0.125. The first-order valence-electron chi connectivity index (χ1n) is 7.31. The Kier molecular flexibility index (Phi) is 4.83. The van der Waals surface area contributed by atoms with Gasteiger partial charge in [0, 0.05) is 31.4 Å². The van der Waals surface area contributed by atoms with Gasteiger partial charge in [0.25, 0.3) is 0 Å². The minimum Gasteiger partial charge on any atom is -0.372 e. The number of nitrogens with zero attached hydrogens (tertiary/aromatic N) is 2. The van der Waals surface area contributed by atoms with E-state index >= 15 is 0 Å². The van der Waals surface area contributed by atoms with E-state index < -0.39 is 0 Å². The summed E-state index contributed by atoms with van der Waals surface area (Å²) < 4.78 is 0. The smallest absolute Gasteiger partial charge is 0.0366 e. The molecule has 2 rings (SSSR count). The van der Waals surface area contributed by atoms with Crippen molar-refractivity contribution < 1.29 is 0 Å². The van der Waals surface area contributed by atoms with Gasteiger partial charge in [-0.05, 0) is 57.5 Å². The molecule has 0 amide bonds. The predicted molar refractivity (Wildman–Crippen MR) is 82.5 cm³/mol. The van der Waals surface area contributed by atoms with Crippen LogP contribution in [-0.2, 0) is 0 Å². The molecule has 1 aromatic carbocycles. The summed E-state index contributed by atoms with van der Waals surface area (Å²) in [6, 6.07) is 8.87. The van der Waals surface area contributed by atoms with Crippen molar-refractivity contribution in [1.82, 2.24) is 4.90 Å². The van der Waals surface area contributed by atoms with Gasteiger partial charge in [0.15, 0.2) is 0 Å². The molecule has 0 aromatic heterocycles. The molecule has 0 aliphatic carbocycles. The Labute approximate surface area is 117 Å². The highest BCUT2D eigenvalue weighted by Gasteiger charge is 2.19. The van der Waals surface area contributed by atoms with Gasteiger partial charge >= 0.3 is 0 Å². The summed E-state index contributed by atoms with van der Waals surface area (Å²) in [5.74, 6) is 0.856. The Morgan fingerprint density at radius 1 is 1.21 bits per heavy atom. The number of nitrogens with two attached hydrogens (primary N) is 1. The van der Waals surface area contributed by atoms with Gasteiger partial charge in [0.05, 0.1) is 0 Å². The molecule has 0 unspecified atom stereocenters. The van der Waals surface area contributed by atoms with Crippen molar-refractivity contribution in [3.05, 3.63) is 29.8 Å². The third-order valence-electron chi connectivity index (χ3n) is 4.02. The number of hydrogen-bond donors (Lipinski definition) is 1. The molecule has 106 valence electrons. The Hall–Kier alpha value is -1.06. The van der Waals surface area contributed by atoms with Gasteiger partial charge in [-0.25, -0.2) is 0 Å². The summed E-state index contributed by atoms with van der Waals surface area (Å²) in [5, 5.41) is 0. The maximum absolute atomic E-state index is 5.89. The number of benzene rings is 1. The molecule has 3 heteroatoms. The fourth-order valence-corrected chi connectivity index (χ4v) is 2.88. The summed E-state index contributed by atoms with van der Waals surface area (Å²) in [6.45, 7) is 5.60. The second-order valence-corrected chi connectivity index (χ2v) is 6.07. The van der Waals surface area contributed by atoms with E-state index in [1.165, 1.54) is 43.7 Å². The average molecular weight is 261 g/mol. The third-order valence-corrected chi connectivity index (χ3v) is 4.02. The van der Waals surface area contributed by atoms with Crippen molar-refractivity contribution in [3.63, 3.8) is 0 Å². The maximum Gasteiger partial charge on any atom is 0.0366 e. The van der Waals surface area contributed by atoms with Crippen molar-refractivity contribution in [3.8, 4) is 0 Å². The van der Waals surface area contributed by atoms with Gasteiger partial charge < -0.3 is 15.5 Å². The van der Waals surface area contributed by atoms with Crippen molar-refractivity contribution in [2.45, 2.75) is 25.8 Å². The second kappa shape index (κ2) is 6.40. The van der Waals surface area contributed by atoms with Crippen LogP contribution in [-0.4, -0.2) is 38.6 Å². The van der Waals surface area contributed by atoms with Gasteiger partial charge in [-0.3, -0.25) is 0 Å². The van der Waals surface area contributed by atoms with Gasteiger partial charge in [0.1, 0.15) is 0 Å². The zero-order chi connectivity index (χ0) is 13.8. The molecule has 0 bridgehead atoms. The second-order valence-electron chi connectivity index (χ2n) is 6.07. The van der Waals surface area contributed by atoms with Crippen LogP contribution in [0.1, 0.15) is 31.4 Å². The minimum atomic E-state index is 0.125. The lowest BCUT2D eigenvalue weighted by Crippen LogP contribution is -2.37. The molecule has 1 atom stereocenters. The van der Waals surface area contributed by atoms with E-state index in [1.54, 1.807) is 0 Å². The lowest BCUT2D eigenvalue weighted by atomic mass is 9.96. The Balaban J connectivity index is 1.90. The van der Waals surface area contributed by atoms with Crippen LogP contribution in [0.15, 0.2) is 24.3 Å². The fraction of sp³-hybridized carbons (Fsp3) is 0.625. The van der Waals surface area contributed by atoms with Crippen molar-refractivity contribution in [2.24, 2.45) is 11.7 Å². The molecule has 2 N–H and O–H groups in total. The van der Waals surface area contributed by atoms with Gasteiger partial charge in [0.2, 0.25) is 0 Å². The van der Waals surface area contributed by atoms with E-state index in [0.29, 0.717) is 0 Å². The highest BCUT2D eigenvalue weighted by molar-refractivity contribution is 5.48. The normalized spacial score (nSPS) is 18.9. The molecule has 0 radical (unpaired) electrons. The van der Waals surface area contributed by atoms with E-state index in [9.17, 15) is 0 Å². The molecule has 1 heterocycles. The molecule has 19 heavy (non-hydrogen) atoms. The Bertz CT molecular complexity index is 375. The van der Waals surface area contributed by atoms with Crippen LogP contribution in [0, 0.1) is 5.92 Å². The molecule has 1 aliphatic rings. The fourth-order valence-electron chi connectivity index (χ4n) is 2.88. The largest absolute Gasteiger partial charge is 0.372 e. The topological polar surface area (TPSA) is 32.5 Å². The zero-order valence-corrected chi connectivity index (χ0v) is 12.5. The summed E-state index contributed by atoms with van der Waals surface area (Å²) >= 11 is 0. The maximum atomic E-state index is 5.89. The number of anilines is 1. The van der Waals surface area contributed by atoms with Crippen molar-refractivity contribution >= 4 is 5.69 Å². The van der Waals surface area contributed by atoms with E-state index in [4.69, 9.17) is 5.73 Å². The van der Waals surface area contributed by atoms with Crippen LogP contribution in [0.2, 0.25) is 0 Å². The highest BCUT2D eigenvalue weighted by atomic mass is 15.1. The van der Waals surface area contributed by atoms with Gasteiger partial charge in [-0.15, -0.1) is 0 Å². The van der Waals surface area contributed by atoms with Crippen LogP contribution in [0.25, 0.3) is 0 Å². The van der Waals surface area contributed by atoms with E-state index in [-0.39, 0.29) is 6.04 Å². The summed E-state index contributed by atoms with van der Waals surface area (Å²) in [7, 11) is 4.33. The number of piperidine rings is 1. The van der Waals surface area contributed by atoms with Crippen LogP contribution in [0.5, 0.6) is 0 Å². The first kappa shape index (κ1) is 14.4. The monoisotopic (exact) mass is 261 g/mol. The molecule has 1 aromatic rings. The quantitative estimate of drug-likeness (QED) is 0.904. The van der Waals surface area contributed by atoms with Crippen LogP contribution in [0.4, 0.5) is 5.69 Å². The number of hydrogen-bond acceptors (Lipinski definition) is 3. The van der Waals surface area contributed by atoms with Crippen LogP contribution < -0.4 is 10.6 Å².